The SMILES string of the molecule is Nc1nc(SCc2ncc(-c3cccc(Cl)c3)o2)n[nH]1. The highest BCUT2D eigenvalue weighted by molar-refractivity contribution is 7.98. The fourth-order valence-electron chi connectivity index (χ4n) is 1.60. The van der Waals surface area contributed by atoms with E-state index in [-0.39, 0.29) is 0 Å². The number of nitrogens with zero attached hydrogens (tertiary/aromatic N) is 3. The minimum atomic E-state index is 0.291. The number of thioether (sulfide) groups is 1. The Morgan fingerprint density at radius 1 is 1.40 bits per heavy atom. The van der Waals surface area contributed by atoms with Gasteiger partial charge < -0.3 is 10.2 Å². The number of hydrogen-bond acceptors (Lipinski definition) is 6. The predicted octanol–water partition coefficient (Wildman–Crippen LogP) is 2.99. The fourth-order valence-corrected chi connectivity index (χ4v) is 2.45. The van der Waals surface area contributed by atoms with Crippen molar-refractivity contribution in [3.05, 3.63) is 41.4 Å². The van der Waals surface area contributed by atoms with Gasteiger partial charge in [-0.05, 0) is 12.1 Å². The van der Waals surface area contributed by atoms with Crippen molar-refractivity contribution >= 4 is 29.3 Å². The molecule has 3 N–H and O–H groups in total. The Kier molecular flexibility index (Phi) is 3.62. The van der Waals surface area contributed by atoms with Crippen molar-refractivity contribution in [3.8, 4) is 11.3 Å². The van der Waals surface area contributed by atoms with Gasteiger partial charge in [-0.2, -0.15) is 4.98 Å². The highest BCUT2D eigenvalue weighted by Gasteiger charge is 2.09. The zero-order valence-electron chi connectivity index (χ0n) is 10.2. The van der Waals surface area contributed by atoms with Crippen LogP contribution in [-0.2, 0) is 5.75 Å². The van der Waals surface area contributed by atoms with Crippen molar-refractivity contribution < 1.29 is 4.42 Å². The number of aromatic amines is 1. The quantitative estimate of drug-likeness (QED) is 0.720. The lowest BCUT2D eigenvalue weighted by Crippen LogP contribution is -1.85. The van der Waals surface area contributed by atoms with Crippen LogP contribution >= 0.6 is 23.4 Å². The summed E-state index contributed by atoms with van der Waals surface area (Å²) >= 11 is 7.34. The van der Waals surface area contributed by atoms with Crippen LogP contribution in [0.25, 0.3) is 11.3 Å². The summed E-state index contributed by atoms with van der Waals surface area (Å²) in [6.07, 6.45) is 1.67. The van der Waals surface area contributed by atoms with Crippen LogP contribution in [0.5, 0.6) is 0 Å². The lowest BCUT2D eigenvalue weighted by atomic mass is 10.2. The third-order valence-electron chi connectivity index (χ3n) is 2.47. The van der Waals surface area contributed by atoms with E-state index in [1.807, 2.05) is 24.3 Å². The summed E-state index contributed by atoms with van der Waals surface area (Å²) in [4.78, 5) is 8.21. The van der Waals surface area contributed by atoms with Gasteiger partial charge in [0.2, 0.25) is 17.0 Å². The van der Waals surface area contributed by atoms with Crippen LogP contribution in [0.3, 0.4) is 0 Å². The molecular weight excluding hydrogens is 298 g/mol. The molecule has 0 aliphatic rings. The molecule has 20 heavy (non-hydrogen) atoms. The van der Waals surface area contributed by atoms with E-state index >= 15 is 0 Å². The van der Waals surface area contributed by atoms with E-state index in [2.05, 4.69) is 20.2 Å². The molecule has 8 heteroatoms. The first kappa shape index (κ1) is 13.0. The highest BCUT2D eigenvalue weighted by atomic mass is 35.5. The molecule has 0 saturated carbocycles. The molecule has 3 aromatic rings. The molecule has 102 valence electrons. The molecule has 6 nitrogen and oxygen atoms in total. The molecule has 0 aliphatic carbocycles. The average molecular weight is 308 g/mol. The van der Waals surface area contributed by atoms with Crippen LogP contribution in [0.4, 0.5) is 5.95 Å². The summed E-state index contributed by atoms with van der Waals surface area (Å²) < 4.78 is 5.67. The van der Waals surface area contributed by atoms with Crippen LogP contribution < -0.4 is 5.73 Å². The van der Waals surface area contributed by atoms with Gasteiger partial charge in [0.05, 0.1) is 11.9 Å². The average Bonchev–Trinajstić information content (AvgIpc) is 3.05. The minimum Gasteiger partial charge on any atom is -0.440 e. The van der Waals surface area contributed by atoms with Gasteiger partial charge in [0.15, 0.2) is 5.76 Å². The molecule has 1 aromatic carbocycles. The molecule has 0 radical (unpaired) electrons. The largest absolute Gasteiger partial charge is 0.440 e. The number of anilines is 1. The Morgan fingerprint density at radius 3 is 3.05 bits per heavy atom. The molecular formula is C12H10ClN5OS. The molecule has 0 aliphatic heterocycles. The first-order chi connectivity index (χ1) is 9.70. The predicted molar refractivity (Wildman–Crippen MR) is 77.3 cm³/mol. The van der Waals surface area contributed by atoms with Crippen LogP contribution in [0.2, 0.25) is 5.02 Å². The first-order valence-electron chi connectivity index (χ1n) is 5.72. The van der Waals surface area contributed by atoms with Crippen molar-refractivity contribution in [3.63, 3.8) is 0 Å². The number of oxazole rings is 1. The van der Waals surface area contributed by atoms with E-state index < -0.39 is 0 Å². The maximum Gasteiger partial charge on any atom is 0.216 e. The Hall–Kier alpha value is -1.99. The lowest BCUT2D eigenvalue weighted by molar-refractivity contribution is 0.530. The summed E-state index contributed by atoms with van der Waals surface area (Å²) in [5, 5.41) is 7.71. The van der Waals surface area contributed by atoms with E-state index in [9.17, 15) is 0 Å². The number of benzene rings is 1. The van der Waals surface area contributed by atoms with Gasteiger partial charge in [-0.3, -0.25) is 0 Å². The highest BCUT2D eigenvalue weighted by Crippen LogP contribution is 2.26. The number of nitrogen functional groups attached to an aromatic ring is 1. The molecule has 0 fully saturated rings. The summed E-state index contributed by atoms with van der Waals surface area (Å²) in [6, 6.07) is 7.42. The second-order valence-corrected chi connectivity index (χ2v) is 5.30. The molecule has 0 bridgehead atoms. The van der Waals surface area contributed by atoms with Crippen LogP contribution in [0, 0.1) is 0 Å². The smallest absolute Gasteiger partial charge is 0.216 e. The van der Waals surface area contributed by atoms with Crippen molar-refractivity contribution in [2.45, 2.75) is 10.9 Å². The van der Waals surface area contributed by atoms with Gasteiger partial charge in [0.1, 0.15) is 0 Å². The van der Waals surface area contributed by atoms with Crippen molar-refractivity contribution in [2.24, 2.45) is 0 Å². The van der Waals surface area contributed by atoms with Crippen molar-refractivity contribution in [2.75, 3.05) is 5.73 Å². The normalized spacial score (nSPS) is 10.8. The van der Waals surface area contributed by atoms with Crippen molar-refractivity contribution in [1.29, 1.82) is 0 Å². The van der Waals surface area contributed by atoms with Crippen LogP contribution in [-0.4, -0.2) is 20.2 Å². The number of halogens is 1. The summed E-state index contributed by atoms with van der Waals surface area (Å²) in [5.74, 6) is 2.09. The Morgan fingerprint density at radius 2 is 2.30 bits per heavy atom. The number of hydrogen-bond donors (Lipinski definition) is 2. The number of rotatable bonds is 4. The second kappa shape index (κ2) is 5.56. The van der Waals surface area contributed by atoms with Crippen LogP contribution in [0.15, 0.2) is 40.0 Å². The third kappa shape index (κ3) is 2.94. The van der Waals surface area contributed by atoms with Gasteiger partial charge in [0.25, 0.3) is 0 Å². The fraction of sp³-hybridized carbons (Fsp3) is 0.0833. The monoisotopic (exact) mass is 307 g/mol. The molecule has 2 aromatic heterocycles. The molecule has 0 amide bonds. The van der Waals surface area contributed by atoms with Gasteiger partial charge in [0, 0.05) is 10.6 Å². The minimum absolute atomic E-state index is 0.291. The standard InChI is InChI=1S/C12H10ClN5OS/c13-8-3-1-2-7(4-8)9-5-15-10(19-9)6-20-12-16-11(14)17-18-12/h1-5H,6H2,(H3,14,16,17,18). The number of nitrogens with one attached hydrogen (secondary N) is 1. The van der Waals surface area contributed by atoms with Crippen LogP contribution in [0.1, 0.15) is 5.89 Å². The molecule has 0 atom stereocenters. The third-order valence-corrected chi connectivity index (χ3v) is 3.54. The maximum atomic E-state index is 5.95. The maximum absolute atomic E-state index is 5.95. The van der Waals surface area contributed by atoms with Gasteiger partial charge in [-0.15, -0.1) is 5.10 Å². The number of nitrogens with two attached hydrogens (primary N) is 1. The molecule has 0 spiro atoms. The van der Waals surface area contributed by atoms with Gasteiger partial charge >= 0.3 is 0 Å². The van der Waals surface area contributed by atoms with E-state index in [0.717, 1.165) is 5.56 Å². The first-order valence-corrected chi connectivity index (χ1v) is 7.08. The summed E-state index contributed by atoms with van der Waals surface area (Å²) in [5.41, 5.74) is 6.34. The molecule has 3 rings (SSSR count). The van der Waals surface area contributed by atoms with E-state index in [4.69, 9.17) is 21.8 Å². The zero-order chi connectivity index (χ0) is 13.9. The molecule has 2 heterocycles. The van der Waals surface area contributed by atoms with Gasteiger partial charge in [-0.1, -0.05) is 35.5 Å². The Balaban J connectivity index is 1.70. The molecule has 0 saturated heterocycles. The topological polar surface area (TPSA) is 93.6 Å². The number of H-pyrrole nitrogens is 1. The van der Waals surface area contributed by atoms with E-state index in [1.54, 1.807) is 6.20 Å². The van der Waals surface area contributed by atoms with E-state index in [0.29, 0.717) is 33.5 Å². The summed E-state index contributed by atoms with van der Waals surface area (Å²) in [6.45, 7) is 0. The van der Waals surface area contributed by atoms with Crippen molar-refractivity contribution in [1.82, 2.24) is 20.2 Å². The summed E-state index contributed by atoms with van der Waals surface area (Å²) in [7, 11) is 0. The van der Waals surface area contributed by atoms with E-state index in [1.165, 1.54) is 11.8 Å². The molecule has 0 unspecified atom stereocenters. The lowest BCUT2D eigenvalue weighted by Gasteiger charge is -1.96. The zero-order valence-corrected chi connectivity index (χ0v) is 11.8. The number of aromatic nitrogens is 4. The second-order valence-electron chi connectivity index (χ2n) is 3.92. The van der Waals surface area contributed by atoms with Gasteiger partial charge in [-0.25, -0.2) is 10.1 Å². The Labute approximate surface area is 123 Å². The Bertz CT molecular complexity index is 726.